The molecule has 2 aliphatic heterocycles. The van der Waals surface area contributed by atoms with Crippen LogP contribution in [0.2, 0.25) is 0 Å². The third kappa shape index (κ3) is 3.63. The molecule has 2 aliphatic rings. The summed E-state index contributed by atoms with van der Waals surface area (Å²) in [6.07, 6.45) is 1.05. The van der Waals surface area contributed by atoms with Gasteiger partial charge in [0, 0.05) is 37.9 Å². The van der Waals surface area contributed by atoms with E-state index in [-0.39, 0.29) is 5.91 Å². The molecule has 1 N–H and O–H groups in total. The van der Waals surface area contributed by atoms with Crippen LogP contribution in [0, 0.1) is 0 Å². The average Bonchev–Trinajstić information content (AvgIpc) is 3.26. The van der Waals surface area contributed by atoms with E-state index >= 15 is 0 Å². The summed E-state index contributed by atoms with van der Waals surface area (Å²) in [7, 11) is 0. The van der Waals surface area contributed by atoms with Crippen molar-refractivity contribution in [3.05, 3.63) is 46.8 Å². The van der Waals surface area contributed by atoms with Crippen LogP contribution in [0.4, 0.5) is 10.7 Å². The van der Waals surface area contributed by atoms with Gasteiger partial charge in [0.25, 0.3) is 5.91 Å². The number of anilines is 2. The zero-order chi connectivity index (χ0) is 17.9. The van der Waals surface area contributed by atoms with Crippen LogP contribution in [0.1, 0.15) is 22.2 Å². The van der Waals surface area contributed by atoms with Gasteiger partial charge in [0.15, 0.2) is 0 Å². The van der Waals surface area contributed by atoms with E-state index in [4.69, 9.17) is 4.74 Å². The number of nitrogens with one attached hydrogen (secondary N) is 1. The molecule has 1 aromatic carbocycles. The molecule has 1 amide bonds. The van der Waals surface area contributed by atoms with Crippen LogP contribution in [0.25, 0.3) is 0 Å². The Labute approximate surface area is 158 Å². The summed E-state index contributed by atoms with van der Waals surface area (Å²) in [4.78, 5) is 17.9. The van der Waals surface area contributed by atoms with Gasteiger partial charge in [-0.2, -0.15) is 0 Å². The molecule has 3 heterocycles. The third-order valence-corrected chi connectivity index (χ3v) is 6.16. The Morgan fingerprint density at radius 2 is 2.04 bits per heavy atom. The van der Waals surface area contributed by atoms with Gasteiger partial charge in [-0.3, -0.25) is 9.69 Å². The van der Waals surface area contributed by atoms with Crippen molar-refractivity contribution in [1.82, 2.24) is 10.2 Å². The molecule has 4 rings (SSSR count). The molecule has 1 atom stereocenters. The number of hydrogen-bond acceptors (Lipinski definition) is 5. The van der Waals surface area contributed by atoms with Crippen LogP contribution in [-0.2, 0) is 11.2 Å². The fourth-order valence-corrected chi connectivity index (χ4v) is 4.76. The van der Waals surface area contributed by atoms with Crippen LogP contribution >= 0.6 is 11.3 Å². The molecule has 26 heavy (non-hydrogen) atoms. The maximum absolute atomic E-state index is 12.5. The monoisotopic (exact) mass is 371 g/mol. The fraction of sp³-hybridized carbons (Fsp3) is 0.450. The first-order valence-corrected chi connectivity index (χ1v) is 10.1. The van der Waals surface area contributed by atoms with Crippen molar-refractivity contribution in [3.8, 4) is 0 Å². The maximum atomic E-state index is 12.5. The molecule has 0 saturated carbocycles. The van der Waals surface area contributed by atoms with E-state index in [1.165, 1.54) is 11.3 Å². The van der Waals surface area contributed by atoms with Crippen molar-refractivity contribution < 1.29 is 9.53 Å². The van der Waals surface area contributed by atoms with Crippen LogP contribution in [0.5, 0.6) is 0 Å². The molecular weight excluding hydrogens is 346 g/mol. The summed E-state index contributed by atoms with van der Waals surface area (Å²) in [5.41, 5.74) is 2.64. The average molecular weight is 372 g/mol. The van der Waals surface area contributed by atoms with Crippen LogP contribution in [0.15, 0.2) is 36.4 Å². The molecule has 2 aromatic rings. The summed E-state index contributed by atoms with van der Waals surface area (Å²) >= 11 is 1.57. The number of carbonyl (C=O) groups excluding carboxylic acids is 1. The Balaban J connectivity index is 1.37. The van der Waals surface area contributed by atoms with E-state index in [9.17, 15) is 4.79 Å². The zero-order valence-corrected chi connectivity index (χ0v) is 15.9. The molecule has 6 heteroatoms. The molecule has 1 saturated heterocycles. The number of morpholine rings is 1. The largest absolute Gasteiger partial charge is 0.379 e. The molecule has 0 radical (unpaired) electrons. The van der Waals surface area contributed by atoms with Crippen LogP contribution < -0.4 is 10.2 Å². The number of thiophene rings is 1. The standard InChI is InChI=1S/C20H25N3O2S/c1-15-14-16-4-2-3-5-17(16)23(15)19-7-6-18(26-19)20(24)21-8-9-22-10-12-25-13-11-22/h2-7,15H,8-14H2,1H3,(H,21,24). The van der Waals surface area contributed by atoms with E-state index < -0.39 is 0 Å². The highest BCUT2D eigenvalue weighted by molar-refractivity contribution is 7.18. The van der Waals surface area contributed by atoms with E-state index in [0.29, 0.717) is 12.6 Å². The van der Waals surface area contributed by atoms with Crippen molar-refractivity contribution in [3.63, 3.8) is 0 Å². The van der Waals surface area contributed by atoms with E-state index in [2.05, 4.69) is 52.4 Å². The molecule has 0 bridgehead atoms. The van der Waals surface area contributed by atoms with Crippen molar-refractivity contribution in [2.75, 3.05) is 44.3 Å². The summed E-state index contributed by atoms with van der Waals surface area (Å²) in [6, 6.07) is 13.0. The smallest absolute Gasteiger partial charge is 0.261 e. The molecule has 0 aliphatic carbocycles. The molecule has 1 aromatic heterocycles. The van der Waals surface area contributed by atoms with Crippen molar-refractivity contribution in [2.45, 2.75) is 19.4 Å². The first kappa shape index (κ1) is 17.5. The number of rotatable bonds is 5. The molecule has 1 fully saturated rings. The minimum atomic E-state index is 0.0228. The Bertz CT molecular complexity index is 770. The third-order valence-electron chi connectivity index (χ3n) is 5.08. The SMILES string of the molecule is CC1Cc2ccccc2N1c1ccc(C(=O)NCCN2CCOCC2)s1. The van der Waals surface area contributed by atoms with E-state index in [1.54, 1.807) is 11.3 Å². The molecule has 5 nitrogen and oxygen atoms in total. The Morgan fingerprint density at radius 1 is 1.23 bits per heavy atom. The summed E-state index contributed by atoms with van der Waals surface area (Å²) in [6.45, 7) is 7.27. The number of nitrogens with zero attached hydrogens (tertiary/aromatic N) is 2. The lowest BCUT2D eigenvalue weighted by Gasteiger charge is -2.26. The quantitative estimate of drug-likeness (QED) is 0.878. The lowest BCUT2D eigenvalue weighted by Crippen LogP contribution is -2.41. The van der Waals surface area contributed by atoms with Gasteiger partial charge in [-0.15, -0.1) is 11.3 Å². The van der Waals surface area contributed by atoms with Crippen molar-refractivity contribution in [2.24, 2.45) is 0 Å². The first-order valence-electron chi connectivity index (χ1n) is 9.27. The highest BCUT2D eigenvalue weighted by Gasteiger charge is 2.28. The van der Waals surface area contributed by atoms with Gasteiger partial charge in [-0.25, -0.2) is 0 Å². The fourth-order valence-electron chi connectivity index (χ4n) is 3.72. The van der Waals surface area contributed by atoms with Crippen LogP contribution in [0.3, 0.4) is 0 Å². The lowest BCUT2D eigenvalue weighted by atomic mass is 10.1. The minimum absolute atomic E-state index is 0.0228. The number of carbonyl (C=O) groups is 1. The van der Waals surface area contributed by atoms with Gasteiger partial charge in [-0.05, 0) is 37.1 Å². The second-order valence-electron chi connectivity index (χ2n) is 6.90. The summed E-state index contributed by atoms with van der Waals surface area (Å²) in [5.74, 6) is 0.0228. The van der Waals surface area contributed by atoms with Gasteiger partial charge in [0.2, 0.25) is 0 Å². The highest BCUT2D eigenvalue weighted by atomic mass is 32.1. The number of fused-ring (bicyclic) bond motifs is 1. The first-order chi connectivity index (χ1) is 12.7. The van der Waals surface area contributed by atoms with Crippen molar-refractivity contribution in [1.29, 1.82) is 0 Å². The van der Waals surface area contributed by atoms with E-state index in [0.717, 1.165) is 49.1 Å². The Kier molecular flexibility index (Phi) is 5.24. The molecular formula is C20H25N3O2S. The Morgan fingerprint density at radius 3 is 2.88 bits per heavy atom. The minimum Gasteiger partial charge on any atom is -0.379 e. The predicted octanol–water partition coefficient (Wildman–Crippen LogP) is 2.89. The van der Waals surface area contributed by atoms with Gasteiger partial charge in [-0.1, -0.05) is 18.2 Å². The lowest BCUT2D eigenvalue weighted by molar-refractivity contribution is 0.0383. The maximum Gasteiger partial charge on any atom is 0.261 e. The number of amides is 1. The summed E-state index contributed by atoms with van der Waals surface area (Å²) in [5, 5.41) is 4.19. The van der Waals surface area contributed by atoms with Crippen LogP contribution in [-0.4, -0.2) is 56.2 Å². The van der Waals surface area contributed by atoms with Crippen molar-refractivity contribution >= 4 is 27.9 Å². The second kappa shape index (κ2) is 7.78. The highest BCUT2D eigenvalue weighted by Crippen LogP contribution is 2.41. The molecule has 0 spiro atoms. The predicted molar refractivity (Wildman–Crippen MR) is 106 cm³/mol. The second-order valence-corrected chi connectivity index (χ2v) is 7.96. The number of benzene rings is 1. The number of ether oxygens (including phenoxy) is 1. The van der Waals surface area contributed by atoms with E-state index in [1.807, 2.05) is 6.07 Å². The van der Waals surface area contributed by atoms with Gasteiger partial charge in [0.1, 0.15) is 0 Å². The molecule has 1 unspecified atom stereocenters. The zero-order valence-electron chi connectivity index (χ0n) is 15.1. The number of hydrogen-bond donors (Lipinski definition) is 1. The van der Waals surface area contributed by atoms with Gasteiger partial charge >= 0.3 is 0 Å². The molecule has 138 valence electrons. The van der Waals surface area contributed by atoms with Gasteiger partial charge < -0.3 is 15.0 Å². The number of para-hydroxylation sites is 1. The Hall–Kier alpha value is -1.89. The summed E-state index contributed by atoms with van der Waals surface area (Å²) < 4.78 is 5.35. The normalized spacial score (nSPS) is 20.2. The van der Waals surface area contributed by atoms with Gasteiger partial charge in [0.05, 0.1) is 23.1 Å². The topological polar surface area (TPSA) is 44.8 Å².